The normalized spacial score (nSPS) is 17.3. The lowest BCUT2D eigenvalue weighted by molar-refractivity contribution is 0.0979. The molecule has 0 unspecified atom stereocenters. The van der Waals surface area contributed by atoms with E-state index in [1.54, 1.807) is 7.11 Å². The second-order valence-corrected chi connectivity index (χ2v) is 3.28. The van der Waals surface area contributed by atoms with Crippen molar-refractivity contribution in [3.8, 4) is 0 Å². The fourth-order valence-electron chi connectivity index (χ4n) is 0.833. The molecule has 0 amide bonds. The molecule has 0 fully saturated rings. The minimum atomic E-state index is 0.384. The molecule has 9 heavy (non-hydrogen) atoms. The number of alkyl halides is 1. The molecule has 1 nitrogen and oxygen atoms in total. The van der Waals surface area contributed by atoms with E-state index in [1.165, 1.54) is 0 Å². The van der Waals surface area contributed by atoms with Crippen molar-refractivity contribution in [1.29, 1.82) is 0 Å². The Morgan fingerprint density at radius 1 is 1.33 bits per heavy atom. The first kappa shape index (κ1) is 9.44. The van der Waals surface area contributed by atoms with E-state index < -0.39 is 0 Å². The molecular formula is C7H15BrO. The predicted molar refractivity (Wildman–Crippen MR) is 44.1 cm³/mol. The van der Waals surface area contributed by atoms with Gasteiger partial charge in [0.15, 0.2) is 0 Å². The molecule has 0 N–H and O–H groups in total. The third kappa shape index (κ3) is 3.21. The van der Waals surface area contributed by atoms with Gasteiger partial charge in [0.05, 0.1) is 6.10 Å². The first-order chi connectivity index (χ1) is 4.26. The molecule has 0 spiro atoms. The van der Waals surface area contributed by atoms with Gasteiger partial charge < -0.3 is 4.74 Å². The van der Waals surface area contributed by atoms with Crippen LogP contribution in [-0.4, -0.2) is 18.0 Å². The second kappa shape index (κ2) is 5.24. The molecular weight excluding hydrogens is 180 g/mol. The lowest BCUT2D eigenvalue weighted by Gasteiger charge is -2.17. The lowest BCUT2D eigenvalue weighted by Crippen LogP contribution is -2.20. The number of methoxy groups -OCH3 is 1. The molecule has 0 rings (SSSR count). The van der Waals surface area contributed by atoms with Crippen molar-refractivity contribution in [3.63, 3.8) is 0 Å². The number of hydrogen-bond acceptors (Lipinski definition) is 1. The van der Waals surface area contributed by atoms with Crippen LogP contribution in [0.1, 0.15) is 26.7 Å². The van der Waals surface area contributed by atoms with Crippen LogP contribution in [0.25, 0.3) is 0 Å². The Balaban J connectivity index is 3.50. The van der Waals surface area contributed by atoms with Gasteiger partial charge in [-0.1, -0.05) is 29.8 Å². The van der Waals surface area contributed by atoms with Crippen molar-refractivity contribution in [2.75, 3.05) is 7.11 Å². The summed E-state index contributed by atoms with van der Waals surface area (Å²) in [5.74, 6) is 0. The highest BCUT2D eigenvalue weighted by Crippen LogP contribution is 2.14. The predicted octanol–water partition coefficient (Wildman–Crippen LogP) is 2.58. The standard InChI is InChI=1S/C7H15BrO/c1-4-6(8)7(5-2)9-3/h6-7H,4-5H2,1-3H3/t6-,7-/m0/s1. The summed E-state index contributed by atoms with van der Waals surface area (Å²) in [5, 5.41) is 0. The third-order valence-corrected chi connectivity index (χ3v) is 2.74. The summed E-state index contributed by atoms with van der Waals surface area (Å²) < 4.78 is 5.21. The number of halogens is 1. The maximum Gasteiger partial charge on any atom is 0.0693 e. The van der Waals surface area contributed by atoms with Crippen molar-refractivity contribution in [3.05, 3.63) is 0 Å². The molecule has 0 heterocycles. The van der Waals surface area contributed by atoms with Crippen LogP contribution in [0.4, 0.5) is 0 Å². The van der Waals surface area contributed by atoms with Crippen molar-refractivity contribution < 1.29 is 4.74 Å². The topological polar surface area (TPSA) is 9.23 Å². The van der Waals surface area contributed by atoms with Gasteiger partial charge in [-0.15, -0.1) is 0 Å². The first-order valence-corrected chi connectivity index (χ1v) is 4.34. The van der Waals surface area contributed by atoms with Gasteiger partial charge in [0.1, 0.15) is 0 Å². The Hall–Kier alpha value is 0.440. The van der Waals surface area contributed by atoms with Crippen LogP contribution in [0.5, 0.6) is 0 Å². The smallest absolute Gasteiger partial charge is 0.0693 e. The van der Waals surface area contributed by atoms with E-state index in [-0.39, 0.29) is 0 Å². The fraction of sp³-hybridized carbons (Fsp3) is 1.00. The highest BCUT2D eigenvalue weighted by Gasteiger charge is 2.12. The van der Waals surface area contributed by atoms with Gasteiger partial charge in [-0.2, -0.15) is 0 Å². The monoisotopic (exact) mass is 194 g/mol. The summed E-state index contributed by atoms with van der Waals surface area (Å²) in [7, 11) is 1.76. The molecule has 56 valence electrons. The van der Waals surface area contributed by atoms with Crippen molar-refractivity contribution in [1.82, 2.24) is 0 Å². The molecule has 0 aliphatic heterocycles. The van der Waals surface area contributed by atoms with Crippen LogP contribution in [0.2, 0.25) is 0 Å². The van der Waals surface area contributed by atoms with Gasteiger partial charge in [-0.25, -0.2) is 0 Å². The Morgan fingerprint density at radius 2 is 1.89 bits per heavy atom. The first-order valence-electron chi connectivity index (χ1n) is 3.43. The summed E-state index contributed by atoms with van der Waals surface area (Å²) in [6, 6.07) is 0. The van der Waals surface area contributed by atoms with E-state index in [1.807, 2.05) is 0 Å². The van der Waals surface area contributed by atoms with Gasteiger partial charge in [0.25, 0.3) is 0 Å². The lowest BCUT2D eigenvalue weighted by atomic mass is 10.2. The molecule has 0 aliphatic rings. The zero-order valence-electron chi connectivity index (χ0n) is 6.36. The zero-order valence-corrected chi connectivity index (χ0v) is 7.94. The van der Waals surface area contributed by atoms with E-state index in [2.05, 4.69) is 29.8 Å². The molecule has 2 heteroatoms. The second-order valence-electron chi connectivity index (χ2n) is 2.11. The van der Waals surface area contributed by atoms with Crippen LogP contribution >= 0.6 is 15.9 Å². The molecule has 0 aromatic heterocycles. The summed E-state index contributed by atoms with van der Waals surface area (Å²) in [4.78, 5) is 0.521. The Bertz CT molecular complexity index is 61.9. The summed E-state index contributed by atoms with van der Waals surface area (Å²) in [6.07, 6.45) is 2.60. The SMILES string of the molecule is CC[C@H](OC)[C@@H](Br)CC. The van der Waals surface area contributed by atoms with Gasteiger partial charge >= 0.3 is 0 Å². The third-order valence-electron chi connectivity index (χ3n) is 1.50. The maximum atomic E-state index is 5.21. The van der Waals surface area contributed by atoms with Crippen LogP contribution in [0.3, 0.4) is 0 Å². The van der Waals surface area contributed by atoms with Crippen molar-refractivity contribution in [2.45, 2.75) is 37.6 Å². The van der Waals surface area contributed by atoms with Gasteiger partial charge in [-0.3, -0.25) is 0 Å². The Kier molecular flexibility index (Phi) is 5.50. The van der Waals surface area contributed by atoms with E-state index in [0.717, 1.165) is 12.8 Å². The Labute approximate surface area is 65.9 Å². The maximum absolute atomic E-state index is 5.21. The average Bonchev–Trinajstić information content (AvgIpc) is 1.90. The fourth-order valence-corrected chi connectivity index (χ4v) is 1.42. The van der Waals surface area contributed by atoms with E-state index in [9.17, 15) is 0 Å². The largest absolute Gasteiger partial charge is 0.380 e. The molecule has 2 atom stereocenters. The minimum absolute atomic E-state index is 0.384. The minimum Gasteiger partial charge on any atom is -0.380 e. The molecule has 0 aliphatic carbocycles. The van der Waals surface area contributed by atoms with Crippen molar-refractivity contribution in [2.24, 2.45) is 0 Å². The highest BCUT2D eigenvalue weighted by atomic mass is 79.9. The summed E-state index contributed by atoms with van der Waals surface area (Å²) in [5.41, 5.74) is 0. The summed E-state index contributed by atoms with van der Waals surface area (Å²) >= 11 is 3.54. The van der Waals surface area contributed by atoms with Crippen LogP contribution in [-0.2, 0) is 4.74 Å². The number of hydrogen-bond donors (Lipinski definition) is 0. The Morgan fingerprint density at radius 3 is 2.00 bits per heavy atom. The van der Waals surface area contributed by atoms with Gasteiger partial charge in [-0.05, 0) is 12.8 Å². The molecule has 0 bridgehead atoms. The number of ether oxygens (including phenoxy) is 1. The quantitative estimate of drug-likeness (QED) is 0.626. The molecule has 0 radical (unpaired) electrons. The van der Waals surface area contributed by atoms with E-state index >= 15 is 0 Å². The van der Waals surface area contributed by atoms with E-state index in [4.69, 9.17) is 4.74 Å². The molecule has 0 aromatic rings. The van der Waals surface area contributed by atoms with Crippen LogP contribution in [0.15, 0.2) is 0 Å². The molecule has 0 saturated carbocycles. The zero-order chi connectivity index (χ0) is 7.28. The van der Waals surface area contributed by atoms with Crippen LogP contribution < -0.4 is 0 Å². The van der Waals surface area contributed by atoms with E-state index in [0.29, 0.717) is 10.9 Å². The van der Waals surface area contributed by atoms with Gasteiger partial charge in [0.2, 0.25) is 0 Å². The summed E-state index contributed by atoms with van der Waals surface area (Å²) in [6.45, 7) is 4.29. The van der Waals surface area contributed by atoms with Gasteiger partial charge in [0, 0.05) is 11.9 Å². The van der Waals surface area contributed by atoms with Crippen molar-refractivity contribution >= 4 is 15.9 Å². The van der Waals surface area contributed by atoms with Crippen LogP contribution in [0, 0.1) is 0 Å². The average molecular weight is 195 g/mol. The molecule has 0 aromatic carbocycles. The highest BCUT2D eigenvalue weighted by molar-refractivity contribution is 9.09. The number of rotatable bonds is 4. The molecule has 0 saturated heterocycles.